The normalized spacial score (nSPS) is 11.6. The number of hydrogen-bond acceptors (Lipinski definition) is 4. The zero-order valence-corrected chi connectivity index (χ0v) is 13.3. The number of thiocarbonyl (C=S) groups is 1. The van der Waals surface area contributed by atoms with Gasteiger partial charge in [0.25, 0.3) is 10.0 Å². The van der Waals surface area contributed by atoms with Gasteiger partial charge in [0.05, 0.1) is 16.8 Å². The van der Waals surface area contributed by atoms with Crippen LogP contribution >= 0.6 is 12.2 Å². The molecule has 2 rings (SSSR count). The summed E-state index contributed by atoms with van der Waals surface area (Å²) in [6.07, 6.45) is 3.11. The van der Waals surface area contributed by atoms with Crippen LogP contribution in [-0.2, 0) is 10.0 Å². The van der Waals surface area contributed by atoms with Gasteiger partial charge in [-0.15, -0.1) is 0 Å². The minimum Gasteiger partial charge on any atom is -0.389 e. The van der Waals surface area contributed by atoms with Gasteiger partial charge in [0.15, 0.2) is 0 Å². The number of nitrogens with one attached hydrogen (secondary N) is 1. The van der Waals surface area contributed by atoms with E-state index >= 15 is 0 Å². The molecule has 0 aliphatic carbocycles. The van der Waals surface area contributed by atoms with Gasteiger partial charge in [-0.2, -0.15) is 5.10 Å². The first kappa shape index (κ1) is 15.5. The first-order valence-corrected chi connectivity index (χ1v) is 8.15. The summed E-state index contributed by atoms with van der Waals surface area (Å²) in [5.74, 6) is 0. The Bertz CT molecular complexity index is 766. The highest BCUT2D eigenvalue weighted by atomic mass is 32.2. The number of anilines is 1. The van der Waals surface area contributed by atoms with Crippen molar-refractivity contribution in [2.24, 2.45) is 5.73 Å². The van der Waals surface area contributed by atoms with Crippen LogP contribution < -0.4 is 10.5 Å². The molecule has 0 radical (unpaired) electrons. The molecule has 2 aromatic rings. The lowest BCUT2D eigenvalue weighted by molar-refractivity contribution is 0.532. The van der Waals surface area contributed by atoms with Gasteiger partial charge in [0.2, 0.25) is 0 Å². The lowest BCUT2D eigenvalue weighted by Crippen LogP contribution is -2.15. The fraction of sp³-hybridized carbons (Fsp3) is 0.231. The molecule has 1 aromatic heterocycles. The van der Waals surface area contributed by atoms with Gasteiger partial charge in [-0.05, 0) is 26.0 Å². The predicted molar refractivity (Wildman–Crippen MR) is 85.7 cm³/mol. The molecule has 0 fully saturated rings. The second-order valence-corrected chi connectivity index (χ2v) is 6.92. The molecule has 0 aliphatic rings. The van der Waals surface area contributed by atoms with Crippen LogP contribution in [-0.4, -0.2) is 23.2 Å². The summed E-state index contributed by atoms with van der Waals surface area (Å²) in [6.45, 7) is 3.91. The lowest BCUT2D eigenvalue weighted by Gasteiger charge is -2.07. The number of nitrogens with two attached hydrogens (primary N) is 1. The standard InChI is InChI=1S/C13H16N4O2S2/c1-9(2)17-8-11(7-15-17)16-21(18,19)12-5-3-4-10(6-12)13(14)20/h3-9,16H,1-2H3,(H2,14,20). The van der Waals surface area contributed by atoms with E-state index in [2.05, 4.69) is 9.82 Å². The highest BCUT2D eigenvalue weighted by molar-refractivity contribution is 7.92. The Kier molecular flexibility index (Phi) is 4.29. The number of sulfonamides is 1. The molecule has 0 bridgehead atoms. The van der Waals surface area contributed by atoms with Crippen LogP contribution in [0.3, 0.4) is 0 Å². The molecule has 6 nitrogen and oxygen atoms in total. The smallest absolute Gasteiger partial charge is 0.262 e. The number of benzene rings is 1. The zero-order chi connectivity index (χ0) is 15.6. The third-order valence-corrected chi connectivity index (χ3v) is 4.43. The summed E-state index contributed by atoms with van der Waals surface area (Å²) in [4.78, 5) is 0.254. The maximum absolute atomic E-state index is 12.3. The van der Waals surface area contributed by atoms with Crippen LogP contribution in [0.5, 0.6) is 0 Å². The molecule has 3 N–H and O–H groups in total. The van der Waals surface area contributed by atoms with Gasteiger partial charge in [0, 0.05) is 17.8 Å². The zero-order valence-electron chi connectivity index (χ0n) is 11.6. The van der Waals surface area contributed by atoms with Crippen molar-refractivity contribution in [1.29, 1.82) is 0 Å². The van der Waals surface area contributed by atoms with Gasteiger partial charge in [0.1, 0.15) is 4.99 Å². The van der Waals surface area contributed by atoms with Gasteiger partial charge < -0.3 is 5.73 Å². The maximum Gasteiger partial charge on any atom is 0.262 e. The number of hydrogen-bond donors (Lipinski definition) is 2. The van der Waals surface area contributed by atoms with Gasteiger partial charge in [-0.3, -0.25) is 9.40 Å². The Morgan fingerprint density at radius 1 is 1.43 bits per heavy atom. The third-order valence-electron chi connectivity index (χ3n) is 2.81. The summed E-state index contributed by atoms with van der Waals surface area (Å²) in [6, 6.07) is 6.34. The Hall–Kier alpha value is -1.93. The van der Waals surface area contributed by atoms with Crippen LogP contribution in [0.25, 0.3) is 0 Å². The van der Waals surface area contributed by atoms with E-state index < -0.39 is 10.0 Å². The minimum absolute atomic E-state index is 0.102. The number of nitrogens with zero attached hydrogens (tertiary/aromatic N) is 2. The van der Waals surface area contributed by atoms with Crippen molar-refractivity contribution in [2.45, 2.75) is 24.8 Å². The average Bonchev–Trinajstić information content (AvgIpc) is 2.87. The monoisotopic (exact) mass is 324 g/mol. The maximum atomic E-state index is 12.3. The van der Waals surface area contributed by atoms with Crippen LogP contribution in [0.1, 0.15) is 25.5 Å². The van der Waals surface area contributed by atoms with Crippen LogP contribution in [0.15, 0.2) is 41.6 Å². The fourth-order valence-electron chi connectivity index (χ4n) is 1.70. The quantitative estimate of drug-likeness (QED) is 0.820. The number of rotatable bonds is 5. The van der Waals surface area contributed by atoms with E-state index in [1.54, 1.807) is 23.0 Å². The molecule has 0 atom stereocenters. The summed E-state index contributed by atoms with van der Waals surface area (Å²) < 4.78 is 28.8. The topological polar surface area (TPSA) is 90.0 Å². The molecule has 0 saturated heterocycles. The van der Waals surface area contributed by atoms with Crippen LogP contribution in [0.4, 0.5) is 5.69 Å². The largest absolute Gasteiger partial charge is 0.389 e. The van der Waals surface area contributed by atoms with Crippen molar-refractivity contribution >= 4 is 32.9 Å². The molecule has 1 heterocycles. The Morgan fingerprint density at radius 3 is 2.71 bits per heavy atom. The van der Waals surface area contributed by atoms with Gasteiger partial charge >= 0.3 is 0 Å². The minimum atomic E-state index is -3.70. The van der Waals surface area contributed by atoms with E-state index in [9.17, 15) is 8.42 Å². The first-order chi connectivity index (χ1) is 9.79. The number of aromatic nitrogens is 2. The molecule has 0 saturated carbocycles. The van der Waals surface area contributed by atoms with E-state index in [4.69, 9.17) is 18.0 Å². The van der Waals surface area contributed by atoms with Crippen LogP contribution in [0, 0.1) is 0 Å². The summed E-state index contributed by atoms with van der Waals surface area (Å²) in [5.41, 5.74) is 6.43. The van der Waals surface area contributed by atoms with Crippen LogP contribution in [0.2, 0.25) is 0 Å². The second-order valence-electron chi connectivity index (χ2n) is 4.80. The lowest BCUT2D eigenvalue weighted by atomic mass is 10.2. The average molecular weight is 324 g/mol. The Morgan fingerprint density at radius 2 is 2.14 bits per heavy atom. The predicted octanol–water partition coefficient (Wildman–Crippen LogP) is 1.90. The van der Waals surface area contributed by atoms with Crippen molar-refractivity contribution in [1.82, 2.24) is 9.78 Å². The first-order valence-electron chi connectivity index (χ1n) is 6.26. The Labute approximate surface area is 129 Å². The molecule has 21 heavy (non-hydrogen) atoms. The van der Waals surface area contributed by atoms with Crippen molar-refractivity contribution in [2.75, 3.05) is 4.72 Å². The van der Waals surface area contributed by atoms with Crippen molar-refractivity contribution < 1.29 is 8.42 Å². The van der Waals surface area contributed by atoms with E-state index in [-0.39, 0.29) is 15.9 Å². The highest BCUT2D eigenvalue weighted by Gasteiger charge is 2.16. The molecule has 112 valence electrons. The van der Waals surface area contributed by atoms with Crippen molar-refractivity contribution in [3.05, 3.63) is 42.2 Å². The molecular weight excluding hydrogens is 308 g/mol. The molecule has 0 unspecified atom stereocenters. The second kappa shape index (κ2) is 5.82. The molecule has 8 heteroatoms. The van der Waals surface area contributed by atoms with E-state index in [1.807, 2.05) is 13.8 Å². The molecule has 0 aliphatic heterocycles. The Balaban J connectivity index is 2.29. The third kappa shape index (κ3) is 3.59. The van der Waals surface area contributed by atoms with E-state index in [0.29, 0.717) is 11.3 Å². The summed E-state index contributed by atoms with van der Waals surface area (Å²) in [7, 11) is -3.70. The van der Waals surface area contributed by atoms with E-state index in [1.165, 1.54) is 18.3 Å². The molecule has 1 aromatic carbocycles. The summed E-state index contributed by atoms with van der Waals surface area (Å²) in [5, 5.41) is 4.09. The molecule has 0 amide bonds. The highest BCUT2D eigenvalue weighted by Crippen LogP contribution is 2.17. The fourth-order valence-corrected chi connectivity index (χ4v) is 2.90. The van der Waals surface area contributed by atoms with Gasteiger partial charge in [-0.1, -0.05) is 24.4 Å². The summed E-state index contributed by atoms with van der Waals surface area (Å²) >= 11 is 4.86. The van der Waals surface area contributed by atoms with E-state index in [0.717, 1.165) is 0 Å². The molecule has 0 spiro atoms. The SMILES string of the molecule is CC(C)n1cc(NS(=O)(=O)c2cccc(C(N)=S)c2)cn1. The molecular formula is C13H16N4O2S2. The van der Waals surface area contributed by atoms with Crippen molar-refractivity contribution in [3.8, 4) is 0 Å². The van der Waals surface area contributed by atoms with Crippen molar-refractivity contribution in [3.63, 3.8) is 0 Å². The van der Waals surface area contributed by atoms with Gasteiger partial charge in [-0.25, -0.2) is 8.42 Å².